The van der Waals surface area contributed by atoms with Crippen molar-refractivity contribution >= 4 is 35.6 Å². The minimum atomic E-state index is -2.35. The molecule has 1 aromatic rings. The molecule has 1 heterocycles. The van der Waals surface area contributed by atoms with Crippen molar-refractivity contribution in [3.63, 3.8) is 0 Å². The predicted molar refractivity (Wildman–Crippen MR) is 255 cm³/mol. The summed E-state index contributed by atoms with van der Waals surface area (Å²) < 4.78 is 29.7. The number of alkyl carbamates (subject to hydrolysis) is 1. The SMILES string of the molecule is CC.CC(=O)C[C@@]12COC1CC(O)[C@@]1(C)C(=O)C(O)C3=C(C)[C@@H](OC(=O)[C@H](OC(=O)C(C)O)[C@@H](NC(=O)OC(C)(C)C)C4=CCCC=C4)CC(O)([C@@H](OC(=O)c4ccccc4)C21)C3(C)C.CC(C)C. The second-order valence-electron chi connectivity index (χ2n) is 21.2. The molecule has 2 saturated carbocycles. The Morgan fingerprint density at radius 1 is 0.942 bits per heavy atom. The van der Waals surface area contributed by atoms with E-state index in [-0.39, 0.29) is 41.9 Å². The highest BCUT2D eigenvalue weighted by molar-refractivity contribution is 5.94. The van der Waals surface area contributed by atoms with Gasteiger partial charge in [-0.1, -0.05) is 84.9 Å². The lowest BCUT2D eigenvalue weighted by Crippen LogP contribution is -2.78. The minimum absolute atomic E-state index is 0.0711. The third-order valence-corrected chi connectivity index (χ3v) is 13.8. The lowest BCUT2D eigenvalue weighted by molar-refractivity contribution is -0.319. The van der Waals surface area contributed by atoms with Crippen molar-refractivity contribution < 1.29 is 72.9 Å². The Morgan fingerprint density at radius 3 is 2.06 bits per heavy atom. The molecule has 0 aromatic heterocycles. The number of ketones is 2. The molecule has 1 amide bonds. The number of fused-ring (bicyclic) bond motifs is 5. The van der Waals surface area contributed by atoms with Gasteiger partial charge in [0.15, 0.2) is 5.78 Å². The van der Waals surface area contributed by atoms with Crippen LogP contribution in [0.4, 0.5) is 4.79 Å². The Kier molecular flexibility index (Phi) is 18.2. The Balaban J connectivity index is 0.00000164. The molecule has 16 nitrogen and oxygen atoms in total. The van der Waals surface area contributed by atoms with Crippen LogP contribution in [0.5, 0.6) is 0 Å². The number of ether oxygens (including phenoxy) is 5. The molecule has 384 valence electrons. The fraction of sp³-hybridized carbons (Fsp3) is 0.660. The van der Waals surface area contributed by atoms with E-state index in [0.29, 0.717) is 18.4 Å². The number of esters is 3. The van der Waals surface area contributed by atoms with Crippen LogP contribution in [0.15, 0.2) is 65.3 Å². The van der Waals surface area contributed by atoms with Crippen LogP contribution in [0.2, 0.25) is 0 Å². The van der Waals surface area contributed by atoms with E-state index in [1.165, 1.54) is 32.9 Å². The van der Waals surface area contributed by atoms with Crippen molar-refractivity contribution in [3.8, 4) is 0 Å². The van der Waals surface area contributed by atoms with Gasteiger partial charge in [0.2, 0.25) is 6.10 Å². The minimum Gasteiger partial charge on any atom is -0.455 e. The van der Waals surface area contributed by atoms with E-state index in [9.17, 15) is 44.4 Å². The molecule has 12 atom stereocenters. The van der Waals surface area contributed by atoms with E-state index < -0.39 is 118 Å². The second kappa shape index (κ2) is 22.1. The number of amides is 1. The molecule has 1 aromatic carbocycles. The molecule has 0 spiro atoms. The summed E-state index contributed by atoms with van der Waals surface area (Å²) in [4.78, 5) is 83.8. The van der Waals surface area contributed by atoms with E-state index in [1.807, 2.05) is 13.8 Å². The zero-order chi connectivity index (χ0) is 52.2. The largest absolute Gasteiger partial charge is 0.455 e. The fourth-order valence-electron chi connectivity index (χ4n) is 10.6. The van der Waals surface area contributed by atoms with Crippen molar-refractivity contribution in [3.05, 3.63) is 70.8 Å². The maximum atomic E-state index is 15.2. The van der Waals surface area contributed by atoms with Crippen LogP contribution in [-0.2, 0) is 42.9 Å². The highest BCUT2D eigenvalue weighted by Crippen LogP contribution is 2.67. The molecular weight excluding hydrogens is 891 g/mol. The molecule has 4 aliphatic carbocycles. The number of aliphatic hydroxyl groups excluding tert-OH is 3. The van der Waals surface area contributed by atoms with Crippen LogP contribution in [-0.4, -0.2) is 123 Å². The van der Waals surface area contributed by atoms with Crippen molar-refractivity contribution in [2.45, 2.75) is 189 Å². The Morgan fingerprint density at radius 2 is 1.55 bits per heavy atom. The maximum Gasteiger partial charge on any atom is 0.408 e. The van der Waals surface area contributed by atoms with Gasteiger partial charge in [-0.2, -0.15) is 0 Å². The number of hydrogen-bond donors (Lipinski definition) is 5. The van der Waals surface area contributed by atoms with E-state index in [2.05, 4.69) is 26.1 Å². The molecular formula is C53H77NO15. The van der Waals surface area contributed by atoms with Gasteiger partial charge in [0, 0.05) is 36.0 Å². The number of Topliss-reactive ketones (excluding diaryl/α,β-unsaturated/α-hetero) is 2. The zero-order valence-electron chi connectivity index (χ0n) is 42.9. The van der Waals surface area contributed by atoms with Crippen molar-refractivity contribution in [1.82, 2.24) is 5.32 Å². The van der Waals surface area contributed by atoms with Gasteiger partial charge >= 0.3 is 24.0 Å². The standard InChI is InChI=1S/C47H61NO15.C4H10.C2H6/c1-24(49)21-46-23-59-31(46)20-30(51)45(9)36(46)38(62-40(55)28-18-14-11-15-19-28)47(58)22-29(25(2)32(44(47,7)8)34(52)37(45)53)60-41(56)35(61-39(54)26(3)50)33(27-16-12-10-13-17-27)48-42(57)63-43(4,5)6;1-4(2)3;1-2/h11-12,14-19,26,29-31,33-36,38,50-52,58H,10,13,20-23H2,1-9H3,(H,48,57);4H,1-3H3;1-2H3/t26?,29-,30?,31?,33-,34?,35+,36?,38-,45+,46+,47?;;/m0../s1. The quantitative estimate of drug-likeness (QED) is 0.0910. The Hall–Kier alpha value is -4.74. The lowest BCUT2D eigenvalue weighted by atomic mass is 9.41. The van der Waals surface area contributed by atoms with Crippen LogP contribution in [0.25, 0.3) is 0 Å². The summed E-state index contributed by atoms with van der Waals surface area (Å²) in [6.45, 7) is 23.9. The molecule has 2 bridgehead atoms. The smallest absolute Gasteiger partial charge is 0.408 e. The number of hydrogen-bond acceptors (Lipinski definition) is 15. The number of carbonyl (C=O) groups excluding carboxylic acids is 6. The lowest BCUT2D eigenvalue weighted by Gasteiger charge is -2.68. The highest BCUT2D eigenvalue weighted by Gasteiger charge is 2.76. The summed E-state index contributed by atoms with van der Waals surface area (Å²) in [7, 11) is 0. The van der Waals surface area contributed by atoms with Gasteiger partial charge in [-0.25, -0.2) is 19.2 Å². The average molecular weight is 968 g/mol. The predicted octanol–water partition coefficient (Wildman–Crippen LogP) is 6.45. The zero-order valence-corrected chi connectivity index (χ0v) is 42.9. The van der Waals surface area contributed by atoms with E-state index in [1.54, 1.807) is 71.0 Å². The molecule has 3 fully saturated rings. The van der Waals surface area contributed by atoms with Gasteiger partial charge in [0.05, 0.1) is 29.8 Å². The van der Waals surface area contributed by atoms with Gasteiger partial charge in [-0.3, -0.25) is 4.79 Å². The molecule has 6 unspecified atom stereocenters. The topological polar surface area (TPSA) is 242 Å². The first-order valence-electron chi connectivity index (χ1n) is 24.2. The van der Waals surface area contributed by atoms with Crippen molar-refractivity contribution in [2.24, 2.45) is 28.1 Å². The first-order valence-corrected chi connectivity index (χ1v) is 24.2. The van der Waals surface area contributed by atoms with Gasteiger partial charge in [-0.05, 0) is 96.1 Å². The van der Waals surface area contributed by atoms with Crippen molar-refractivity contribution in [2.75, 3.05) is 6.61 Å². The third-order valence-electron chi connectivity index (χ3n) is 13.8. The van der Waals surface area contributed by atoms with Crippen molar-refractivity contribution in [1.29, 1.82) is 0 Å². The summed E-state index contributed by atoms with van der Waals surface area (Å²) in [6.07, 6.45) is -6.72. The molecule has 5 aliphatic rings. The number of nitrogens with one attached hydrogen (secondary N) is 1. The summed E-state index contributed by atoms with van der Waals surface area (Å²) in [5, 5.41) is 50.8. The summed E-state index contributed by atoms with van der Waals surface area (Å²) >= 11 is 0. The molecule has 69 heavy (non-hydrogen) atoms. The number of carbonyl (C=O) groups is 6. The summed E-state index contributed by atoms with van der Waals surface area (Å²) in [5.74, 6) is -5.05. The Bertz CT molecular complexity index is 2150. The molecule has 0 radical (unpaired) electrons. The number of benzene rings is 1. The van der Waals surface area contributed by atoms with E-state index in [4.69, 9.17) is 23.7 Å². The second-order valence-corrected chi connectivity index (χ2v) is 21.2. The molecule has 6 rings (SSSR count). The van der Waals surface area contributed by atoms with Crippen LogP contribution in [0, 0.1) is 28.1 Å². The van der Waals surface area contributed by atoms with Crippen LogP contribution in [0.3, 0.4) is 0 Å². The van der Waals surface area contributed by atoms with E-state index >= 15 is 4.79 Å². The van der Waals surface area contributed by atoms with Crippen LogP contribution < -0.4 is 5.32 Å². The monoisotopic (exact) mass is 968 g/mol. The summed E-state index contributed by atoms with van der Waals surface area (Å²) in [5.41, 5.74) is -7.66. The van der Waals surface area contributed by atoms with Crippen LogP contribution in [0.1, 0.15) is 139 Å². The Labute approximate surface area is 407 Å². The fourth-order valence-corrected chi connectivity index (χ4v) is 10.6. The van der Waals surface area contributed by atoms with E-state index in [0.717, 1.165) is 12.8 Å². The summed E-state index contributed by atoms with van der Waals surface area (Å²) in [6, 6.07) is 6.49. The average Bonchev–Trinajstić information content (AvgIpc) is 3.26. The first-order chi connectivity index (χ1) is 32.0. The van der Waals surface area contributed by atoms with Gasteiger partial charge in [-0.15, -0.1) is 0 Å². The molecule has 1 saturated heterocycles. The van der Waals surface area contributed by atoms with Gasteiger partial charge in [0.25, 0.3) is 0 Å². The van der Waals surface area contributed by atoms with Crippen LogP contribution >= 0.6 is 0 Å². The molecule has 1 aliphatic heterocycles. The normalized spacial score (nSPS) is 31.3. The highest BCUT2D eigenvalue weighted by atomic mass is 16.6. The number of rotatable bonds is 11. The third kappa shape index (κ3) is 11.6. The molecule has 5 N–H and O–H groups in total. The maximum absolute atomic E-state index is 15.2. The number of allylic oxidation sites excluding steroid dienone is 2. The number of aliphatic hydroxyl groups is 4. The van der Waals surface area contributed by atoms with Gasteiger partial charge < -0.3 is 54.2 Å². The first kappa shape index (κ1) is 56.8. The van der Waals surface area contributed by atoms with Gasteiger partial charge in [0.1, 0.15) is 47.4 Å². The molecule has 16 heteroatoms.